The predicted octanol–water partition coefficient (Wildman–Crippen LogP) is 5.36. The first-order chi connectivity index (χ1) is 15.3. The molecule has 5 rings (SSSR count). The van der Waals surface area contributed by atoms with Crippen LogP contribution in [-0.4, -0.2) is 22.6 Å². The standard InChI is InChI=1S/C29H28NO/c31-29(24-14-6-2-7-15-24,25-16-8-3-9-17-25)27-19-10-18-26(27)28-20-11-21-30(28)22-23-12-4-1-5-13-23/h1-10,12-19,28,31H,11,20-22H2/t28-/m1/s1. The molecule has 5 radical (unpaired) electrons. The second-order valence-corrected chi connectivity index (χ2v) is 8.45. The third-order valence-electron chi connectivity index (χ3n) is 6.57. The van der Waals surface area contributed by atoms with E-state index in [1.165, 1.54) is 17.9 Å². The van der Waals surface area contributed by atoms with Crippen LogP contribution in [0.4, 0.5) is 0 Å². The van der Waals surface area contributed by atoms with Crippen molar-refractivity contribution in [1.82, 2.24) is 4.90 Å². The van der Waals surface area contributed by atoms with Crippen molar-refractivity contribution in [3.05, 3.63) is 139 Å². The molecule has 31 heavy (non-hydrogen) atoms. The molecule has 1 aliphatic carbocycles. The van der Waals surface area contributed by atoms with E-state index in [2.05, 4.69) is 54.5 Å². The second kappa shape index (κ2) is 8.98. The van der Waals surface area contributed by atoms with E-state index in [1.807, 2.05) is 60.7 Å². The Balaban J connectivity index is 1.49. The van der Waals surface area contributed by atoms with E-state index in [0.717, 1.165) is 36.6 Å². The molecular formula is C29H28NO. The number of rotatable bonds is 6. The zero-order valence-corrected chi connectivity index (χ0v) is 17.7. The molecule has 3 aromatic rings. The van der Waals surface area contributed by atoms with Gasteiger partial charge in [-0.3, -0.25) is 4.90 Å². The number of likely N-dealkylation sites (tertiary alicyclic amines) is 1. The lowest BCUT2D eigenvalue weighted by Gasteiger charge is -2.41. The highest BCUT2D eigenvalue weighted by atomic mass is 16.3. The Hall–Kier alpha value is -2.42. The maximum atomic E-state index is 12.3. The van der Waals surface area contributed by atoms with Crippen LogP contribution in [0.15, 0.2) is 91.0 Å². The normalized spacial score (nSPS) is 21.0. The Morgan fingerprint density at radius 3 is 1.97 bits per heavy atom. The maximum absolute atomic E-state index is 12.3. The molecule has 0 amide bonds. The molecule has 1 saturated heterocycles. The van der Waals surface area contributed by atoms with Crippen molar-refractivity contribution in [2.75, 3.05) is 6.54 Å². The fourth-order valence-corrected chi connectivity index (χ4v) is 5.08. The minimum absolute atomic E-state index is 0.309. The number of nitrogens with zero attached hydrogens (tertiary/aromatic N) is 1. The van der Waals surface area contributed by atoms with Gasteiger partial charge in [-0.15, -0.1) is 0 Å². The van der Waals surface area contributed by atoms with Crippen molar-refractivity contribution < 1.29 is 5.11 Å². The molecule has 0 spiro atoms. The summed E-state index contributed by atoms with van der Waals surface area (Å²) < 4.78 is 0. The summed E-state index contributed by atoms with van der Waals surface area (Å²) in [6.45, 7) is 2.02. The fourth-order valence-electron chi connectivity index (χ4n) is 5.08. The zero-order chi connectivity index (χ0) is 21.1. The van der Waals surface area contributed by atoms with E-state index in [-0.39, 0.29) is 0 Å². The van der Waals surface area contributed by atoms with Crippen molar-refractivity contribution in [3.63, 3.8) is 0 Å². The van der Waals surface area contributed by atoms with Crippen LogP contribution >= 0.6 is 0 Å². The monoisotopic (exact) mass is 406 g/mol. The average Bonchev–Trinajstić information content (AvgIpc) is 3.50. The Labute approximate surface area is 186 Å². The summed E-state index contributed by atoms with van der Waals surface area (Å²) in [6.07, 6.45) is 8.70. The van der Waals surface area contributed by atoms with Gasteiger partial charge in [-0.1, -0.05) is 91.0 Å². The topological polar surface area (TPSA) is 23.5 Å². The SMILES string of the molecule is OC([C]1[CH][CH][CH][C]1[C@H]1CCCN1Cc1ccccc1)(c1ccccc1)c1ccccc1. The fraction of sp³-hybridized carbons (Fsp3) is 0.207. The Morgan fingerprint density at radius 2 is 1.35 bits per heavy atom. The van der Waals surface area contributed by atoms with Gasteiger partial charge in [0.2, 0.25) is 0 Å². The molecule has 3 aromatic carbocycles. The van der Waals surface area contributed by atoms with Gasteiger partial charge in [0.25, 0.3) is 0 Å². The lowest BCUT2D eigenvalue weighted by atomic mass is 9.69. The minimum atomic E-state index is -1.18. The molecule has 1 saturated carbocycles. The lowest BCUT2D eigenvalue weighted by molar-refractivity contribution is 0.0962. The Bertz CT molecular complexity index is 916. The second-order valence-electron chi connectivity index (χ2n) is 8.45. The van der Waals surface area contributed by atoms with Crippen LogP contribution < -0.4 is 0 Å². The molecule has 0 bridgehead atoms. The van der Waals surface area contributed by atoms with Crippen molar-refractivity contribution >= 4 is 0 Å². The summed E-state index contributed by atoms with van der Waals surface area (Å²) in [5.74, 6) is 2.23. The lowest BCUT2D eigenvalue weighted by Crippen LogP contribution is -2.43. The smallest absolute Gasteiger partial charge is 0.122 e. The molecule has 1 atom stereocenters. The first-order valence-electron chi connectivity index (χ1n) is 11.1. The molecule has 1 heterocycles. The molecular weight excluding hydrogens is 378 g/mol. The number of hydrogen-bond acceptors (Lipinski definition) is 2. The highest BCUT2D eigenvalue weighted by molar-refractivity contribution is 5.58. The van der Waals surface area contributed by atoms with Crippen LogP contribution in [0.5, 0.6) is 0 Å². The molecule has 2 fully saturated rings. The van der Waals surface area contributed by atoms with Crippen molar-refractivity contribution in [2.24, 2.45) is 0 Å². The van der Waals surface area contributed by atoms with Crippen LogP contribution in [0.25, 0.3) is 0 Å². The molecule has 155 valence electrons. The van der Waals surface area contributed by atoms with Crippen LogP contribution in [0, 0.1) is 31.1 Å². The van der Waals surface area contributed by atoms with E-state index in [9.17, 15) is 5.11 Å². The maximum Gasteiger partial charge on any atom is 0.122 e. The predicted molar refractivity (Wildman–Crippen MR) is 125 cm³/mol. The number of aliphatic hydroxyl groups is 1. The summed E-state index contributed by atoms with van der Waals surface area (Å²) in [7, 11) is 0. The molecule has 1 N–H and O–H groups in total. The third kappa shape index (κ3) is 3.95. The Morgan fingerprint density at radius 1 is 0.774 bits per heavy atom. The van der Waals surface area contributed by atoms with Gasteiger partial charge in [-0.25, -0.2) is 0 Å². The van der Waals surface area contributed by atoms with Crippen LogP contribution in [0.1, 0.15) is 29.5 Å². The number of benzene rings is 3. The highest BCUT2D eigenvalue weighted by Gasteiger charge is 2.51. The van der Waals surface area contributed by atoms with Crippen LogP contribution in [0.2, 0.25) is 0 Å². The van der Waals surface area contributed by atoms with Crippen molar-refractivity contribution in [2.45, 2.75) is 31.0 Å². The van der Waals surface area contributed by atoms with Crippen molar-refractivity contribution in [3.8, 4) is 0 Å². The number of hydrogen-bond donors (Lipinski definition) is 1. The summed E-state index contributed by atoms with van der Waals surface area (Å²) in [5, 5.41) is 12.3. The van der Waals surface area contributed by atoms with Gasteiger partial charge in [0.1, 0.15) is 5.60 Å². The first kappa shape index (κ1) is 20.5. The molecule has 0 unspecified atom stereocenters. The van der Waals surface area contributed by atoms with Crippen molar-refractivity contribution in [1.29, 1.82) is 0 Å². The van der Waals surface area contributed by atoms with Gasteiger partial charge in [-0.05, 0) is 55.3 Å². The quantitative estimate of drug-likeness (QED) is 0.595. The zero-order valence-electron chi connectivity index (χ0n) is 17.7. The van der Waals surface area contributed by atoms with E-state index in [1.54, 1.807) is 0 Å². The minimum Gasteiger partial charge on any atom is -0.380 e. The summed E-state index contributed by atoms with van der Waals surface area (Å²) in [5.41, 5.74) is 1.97. The largest absolute Gasteiger partial charge is 0.380 e. The van der Waals surface area contributed by atoms with Gasteiger partial charge in [0, 0.05) is 24.4 Å². The van der Waals surface area contributed by atoms with E-state index in [4.69, 9.17) is 0 Å². The highest BCUT2D eigenvalue weighted by Crippen LogP contribution is 2.52. The van der Waals surface area contributed by atoms with E-state index < -0.39 is 5.60 Å². The van der Waals surface area contributed by atoms with E-state index in [0.29, 0.717) is 6.04 Å². The van der Waals surface area contributed by atoms with Gasteiger partial charge in [-0.2, -0.15) is 0 Å². The summed E-state index contributed by atoms with van der Waals surface area (Å²) in [6, 6.07) is 31.1. The van der Waals surface area contributed by atoms with Gasteiger partial charge in [0.05, 0.1) is 0 Å². The molecule has 2 nitrogen and oxygen atoms in total. The van der Waals surface area contributed by atoms with Gasteiger partial charge >= 0.3 is 0 Å². The van der Waals surface area contributed by atoms with Crippen LogP contribution in [-0.2, 0) is 12.1 Å². The molecule has 0 aromatic heterocycles. The van der Waals surface area contributed by atoms with Gasteiger partial charge in [0.15, 0.2) is 0 Å². The molecule has 2 heteroatoms. The average molecular weight is 407 g/mol. The Kier molecular flexibility index (Phi) is 5.93. The molecule has 1 aliphatic heterocycles. The van der Waals surface area contributed by atoms with E-state index >= 15 is 0 Å². The first-order valence-corrected chi connectivity index (χ1v) is 11.1. The summed E-state index contributed by atoms with van der Waals surface area (Å²) >= 11 is 0. The molecule has 2 aliphatic rings. The van der Waals surface area contributed by atoms with Crippen LogP contribution in [0.3, 0.4) is 0 Å². The summed E-state index contributed by atoms with van der Waals surface area (Å²) in [4.78, 5) is 2.56. The third-order valence-corrected chi connectivity index (χ3v) is 6.57. The van der Waals surface area contributed by atoms with Gasteiger partial charge < -0.3 is 5.11 Å².